The van der Waals surface area contributed by atoms with Gasteiger partial charge in [0, 0.05) is 10.2 Å². The first-order chi connectivity index (χ1) is 10.5. The molecular weight excluding hydrogens is 351 g/mol. The zero-order chi connectivity index (χ0) is 16.1. The molecule has 2 rings (SSSR count). The monoisotopic (exact) mass is 364 g/mol. The van der Waals surface area contributed by atoms with Gasteiger partial charge in [-0.05, 0) is 42.8 Å². The van der Waals surface area contributed by atoms with E-state index in [-0.39, 0.29) is 18.0 Å². The molecule has 2 aromatic rings. The van der Waals surface area contributed by atoms with Gasteiger partial charge in [-0.1, -0.05) is 28.1 Å². The number of anilines is 1. The number of carbonyl (C=O) groups is 2. The van der Waals surface area contributed by atoms with Crippen molar-refractivity contribution < 1.29 is 14.0 Å². The maximum atomic E-state index is 13.4. The minimum atomic E-state index is -0.625. The highest BCUT2D eigenvalue weighted by Crippen LogP contribution is 2.19. The average molecular weight is 365 g/mol. The number of nitrogens with one attached hydrogen (secondary N) is 2. The van der Waals surface area contributed by atoms with E-state index in [1.165, 1.54) is 18.2 Å². The van der Waals surface area contributed by atoms with Gasteiger partial charge >= 0.3 is 0 Å². The van der Waals surface area contributed by atoms with Gasteiger partial charge in [-0.2, -0.15) is 0 Å². The second kappa shape index (κ2) is 7.17. The van der Waals surface area contributed by atoms with Gasteiger partial charge in [-0.3, -0.25) is 9.59 Å². The molecule has 0 aliphatic heterocycles. The first-order valence-corrected chi connectivity index (χ1v) is 7.35. The third-order valence-electron chi connectivity index (χ3n) is 2.97. The predicted octanol–water partition coefficient (Wildman–Crippen LogP) is 3.27. The average Bonchev–Trinajstić information content (AvgIpc) is 2.49. The fourth-order valence-corrected chi connectivity index (χ4v) is 2.08. The highest BCUT2D eigenvalue weighted by atomic mass is 79.9. The maximum absolute atomic E-state index is 13.4. The van der Waals surface area contributed by atoms with E-state index < -0.39 is 11.7 Å². The topological polar surface area (TPSA) is 58.2 Å². The molecule has 0 spiro atoms. The lowest BCUT2D eigenvalue weighted by atomic mass is 10.2. The van der Waals surface area contributed by atoms with Gasteiger partial charge in [0.2, 0.25) is 5.91 Å². The quantitative estimate of drug-likeness (QED) is 0.874. The Hall–Kier alpha value is -2.21. The molecule has 2 amide bonds. The van der Waals surface area contributed by atoms with Gasteiger partial charge in [-0.15, -0.1) is 0 Å². The number of benzene rings is 2. The van der Waals surface area contributed by atoms with Gasteiger partial charge in [0.15, 0.2) is 0 Å². The van der Waals surface area contributed by atoms with Crippen molar-refractivity contribution in [3.05, 3.63) is 63.9 Å². The molecule has 4 nitrogen and oxygen atoms in total. The summed E-state index contributed by atoms with van der Waals surface area (Å²) >= 11 is 3.37. The first kappa shape index (κ1) is 16.2. The fourth-order valence-electron chi connectivity index (χ4n) is 1.83. The van der Waals surface area contributed by atoms with Crippen LogP contribution in [0, 0.1) is 12.7 Å². The van der Waals surface area contributed by atoms with Crippen molar-refractivity contribution in [1.29, 1.82) is 0 Å². The van der Waals surface area contributed by atoms with E-state index in [4.69, 9.17) is 0 Å². The summed E-state index contributed by atoms with van der Waals surface area (Å²) in [6.45, 7) is 1.67. The van der Waals surface area contributed by atoms with E-state index in [9.17, 15) is 14.0 Å². The second-order valence-electron chi connectivity index (χ2n) is 4.67. The number of aryl methyl sites for hydroxylation is 1. The number of halogens is 2. The van der Waals surface area contributed by atoms with Gasteiger partial charge in [0.05, 0.1) is 12.1 Å². The summed E-state index contributed by atoms with van der Waals surface area (Å²) < 4.78 is 14.4. The third kappa shape index (κ3) is 4.14. The summed E-state index contributed by atoms with van der Waals surface area (Å²) in [5.41, 5.74) is 1.52. The van der Waals surface area contributed by atoms with Crippen LogP contribution in [0.15, 0.2) is 46.9 Å². The first-order valence-electron chi connectivity index (χ1n) is 6.56. The van der Waals surface area contributed by atoms with Crippen molar-refractivity contribution >= 4 is 33.4 Å². The SMILES string of the molecule is Cc1cc(NC(=O)CNC(=O)c2ccccc2F)ccc1Br. The van der Waals surface area contributed by atoms with Gasteiger partial charge in [-0.25, -0.2) is 4.39 Å². The maximum Gasteiger partial charge on any atom is 0.254 e. The Morgan fingerprint density at radius 2 is 1.91 bits per heavy atom. The Bertz CT molecular complexity index is 719. The Morgan fingerprint density at radius 1 is 1.18 bits per heavy atom. The van der Waals surface area contributed by atoms with Crippen molar-refractivity contribution in [2.45, 2.75) is 6.92 Å². The minimum Gasteiger partial charge on any atom is -0.343 e. The molecule has 0 aliphatic rings. The Kier molecular flexibility index (Phi) is 5.27. The van der Waals surface area contributed by atoms with Crippen molar-refractivity contribution in [2.75, 3.05) is 11.9 Å². The van der Waals surface area contributed by atoms with Crippen LogP contribution in [-0.4, -0.2) is 18.4 Å². The molecule has 2 N–H and O–H groups in total. The zero-order valence-corrected chi connectivity index (χ0v) is 13.4. The van der Waals surface area contributed by atoms with Crippen molar-refractivity contribution in [1.82, 2.24) is 5.32 Å². The molecule has 0 saturated carbocycles. The van der Waals surface area contributed by atoms with Gasteiger partial charge in [0.25, 0.3) is 5.91 Å². The molecule has 114 valence electrons. The summed E-state index contributed by atoms with van der Waals surface area (Å²) in [6.07, 6.45) is 0. The summed E-state index contributed by atoms with van der Waals surface area (Å²) in [5, 5.41) is 5.05. The van der Waals surface area contributed by atoms with E-state index in [0.717, 1.165) is 10.0 Å². The highest BCUT2D eigenvalue weighted by molar-refractivity contribution is 9.10. The number of amides is 2. The van der Waals surface area contributed by atoms with Gasteiger partial charge in [0.1, 0.15) is 5.82 Å². The number of rotatable bonds is 4. The molecule has 0 aliphatic carbocycles. The van der Waals surface area contributed by atoms with Crippen LogP contribution in [-0.2, 0) is 4.79 Å². The lowest BCUT2D eigenvalue weighted by Crippen LogP contribution is -2.33. The van der Waals surface area contributed by atoms with Gasteiger partial charge < -0.3 is 10.6 Å². The number of carbonyl (C=O) groups excluding carboxylic acids is 2. The largest absolute Gasteiger partial charge is 0.343 e. The normalized spacial score (nSPS) is 10.1. The molecular formula is C16H14BrFN2O2. The van der Waals surface area contributed by atoms with E-state index in [0.29, 0.717) is 5.69 Å². The molecule has 22 heavy (non-hydrogen) atoms. The molecule has 0 bridgehead atoms. The van der Waals surface area contributed by atoms with Crippen LogP contribution in [0.1, 0.15) is 15.9 Å². The zero-order valence-electron chi connectivity index (χ0n) is 11.8. The third-order valence-corrected chi connectivity index (χ3v) is 3.86. The van der Waals surface area contributed by atoms with E-state index in [1.54, 1.807) is 18.2 Å². The molecule has 2 aromatic carbocycles. The molecule has 0 fully saturated rings. The minimum absolute atomic E-state index is 0.0882. The molecule has 6 heteroatoms. The summed E-state index contributed by atoms with van der Waals surface area (Å²) in [5.74, 6) is -1.63. The Balaban J connectivity index is 1.91. The van der Waals surface area contributed by atoms with Crippen molar-refractivity contribution in [3.8, 4) is 0 Å². The molecule has 0 radical (unpaired) electrons. The summed E-state index contributed by atoms with van der Waals surface area (Å²) in [7, 11) is 0. The van der Waals surface area contributed by atoms with Crippen LogP contribution in [0.3, 0.4) is 0 Å². The van der Waals surface area contributed by atoms with Crippen LogP contribution in [0.5, 0.6) is 0 Å². The molecule has 0 saturated heterocycles. The van der Waals surface area contributed by atoms with Crippen molar-refractivity contribution in [3.63, 3.8) is 0 Å². The van der Waals surface area contributed by atoms with Crippen LogP contribution >= 0.6 is 15.9 Å². The fraction of sp³-hybridized carbons (Fsp3) is 0.125. The van der Waals surface area contributed by atoms with Crippen LogP contribution in [0.25, 0.3) is 0 Å². The lowest BCUT2D eigenvalue weighted by Gasteiger charge is -2.08. The van der Waals surface area contributed by atoms with Crippen LogP contribution in [0.2, 0.25) is 0 Å². The summed E-state index contributed by atoms with van der Waals surface area (Å²) in [6, 6.07) is 11.0. The van der Waals surface area contributed by atoms with E-state index in [1.807, 2.05) is 13.0 Å². The standard InChI is InChI=1S/C16H14BrFN2O2/c1-10-8-11(6-7-13(10)17)20-15(21)9-19-16(22)12-4-2-3-5-14(12)18/h2-8H,9H2,1H3,(H,19,22)(H,20,21). The van der Waals surface area contributed by atoms with E-state index >= 15 is 0 Å². The highest BCUT2D eigenvalue weighted by Gasteiger charge is 2.12. The number of hydrogen-bond acceptors (Lipinski definition) is 2. The Morgan fingerprint density at radius 3 is 2.59 bits per heavy atom. The smallest absolute Gasteiger partial charge is 0.254 e. The molecule has 0 unspecified atom stereocenters. The van der Waals surface area contributed by atoms with Crippen LogP contribution in [0.4, 0.5) is 10.1 Å². The summed E-state index contributed by atoms with van der Waals surface area (Å²) in [4.78, 5) is 23.6. The molecule has 0 aromatic heterocycles. The van der Waals surface area contributed by atoms with Crippen LogP contribution < -0.4 is 10.6 Å². The number of hydrogen-bond donors (Lipinski definition) is 2. The van der Waals surface area contributed by atoms with E-state index in [2.05, 4.69) is 26.6 Å². The Labute approximate surface area is 135 Å². The predicted molar refractivity (Wildman–Crippen MR) is 86.2 cm³/mol. The lowest BCUT2D eigenvalue weighted by molar-refractivity contribution is -0.115. The molecule has 0 atom stereocenters. The molecule has 0 heterocycles. The van der Waals surface area contributed by atoms with Crippen molar-refractivity contribution in [2.24, 2.45) is 0 Å². The second-order valence-corrected chi connectivity index (χ2v) is 5.53.